The number of ether oxygens (including phenoxy) is 3. The Balaban J connectivity index is 2.54. The van der Waals surface area contributed by atoms with Crippen LogP contribution in [0.4, 0.5) is 0 Å². The van der Waals surface area contributed by atoms with Crippen LogP contribution in [0.5, 0.6) is 0 Å². The third-order valence-corrected chi connectivity index (χ3v) is 2.93. The fourth-order valence-electron chi connectivity index (χ4n) is 1.72. The first-order valence-electron chi connectivity index (χ1n) is 6.31. The second-order valence-corrected chi connectivity index (χ2v) is 4.83. The highest BCUT2D eigenvalue weighted by Gasteiger charge is 2.42. The Bertz CT molecular complexity index is 225. The van der Waals surface area contributed by atoms with E-state index in [1.807, 2.05) is 27.7 Å². The molecular formula is C12H23BO4. The van der Waals surface area contributed by atoms with Crippen molar-refractivity contribution in [1.29, 1.82) is 0 Å². The molecule has 98 valence electrons. The number of aliphatic hydroxyl groups excluding tert-OH is 1. The van der Waals surface area contributed by atoms with Crippen molar-refractivity contribution in [2.45, 2.75) is 70.6 Å². The van der Waals surface area contributed by atoms with Crippen molar-refractivity contribution in [2.75, 3.05) is 6.61 Å². The molecule has 0 bridgehead atoms. The van der Waals surface area contributed by atoms with Crippen molar-refractivity contribution in [3.05, 3.63) is 0 Å². The largest absolute Gasteiger partial charge is 0.388 e. The summed E-state index contributed by atoms with van der Waals surface area (Å²) in [6, 6.07) is -0.690. The van der Waals surface area contributed by atoms with Gasteiger partial charge in [0.15, 0.2) is 0 Å². The van der Waals surface area contributed by atoms with E-state index in [4.69, 9.17) is 22.1 Å². The van der Waals surface area contributed by atoms with Crippen molar-refractivity contribution in [1.82, 2.24) is 0 Å². The fraction of sp³-hybridized carbons (Fsp3) is 1.00. The van der Waals surface area contributed by atoms with Gasteiger partial charge in [0, 0.05) is 6.00 Å². The summed E-state index contributed by atoms with van der Waals surface area (Å²) in [6.45, 7) is 8.30. The van der Waals surface area contributed by atoms with Crippen LogP contribution in [0.25, 0.3) is 0 Å². The normalized spacial score (nSPS) is 35.4. The third-order valence-electron chi connectivity index (χ3n) is 2.93. The van der Waals surface area contributed by atoms with Gasteiger partial charge in [-0.3, -0.25) is 0 Å². The van der Waals surface area contributed by atoms with Crippen molar-refractivity contribution in [3.63, 3.8) is 0 Å². The van der Waals surface area contributed by atoms with Crippen LogP contribution in [0.15, 0.2) is 0 Å². The number of rotatable bonds is 6. The first-order chi connectivity index (χ1) is 7.95. The van der Waals surface area contributed by atoms with E-state index in [9.17, 15) is 5.11 Å². The lowest BCUT2D eigenvalue weighted by molar-refractivity contribution is -0.0978. The average molecular weight is 242 g/mol. The summed E-state index contributed by atoms with van der Waals surface area (Å²) in [6.07, 6.45) is -0.405. The fourth-order valence-corrected chi connectivity index (χ4v) is 1.72. The molecule has 1 rings (SSSR count). The Kier molecular flexibility index (Phi) is 5.93. The molecule has 1 saturated heterocycles. The van der Waals surface area contributed by atoms with Crippen molar-refractivity contribution < 1.29 is 19.3 Å². The molecule has 5 atom stereocenters. The van der Waals surface area contributed by atoms with Gasteiger partial charge in [0.05, 0.1) is 18.8 Å². The van der Waals surface area contributed by atoms with E-state index in [1.54, 1.807) is 0 Å². The minimum Gasteiger partial charge on any atom is -0.388 e. The zero-order valence-electron chi connectivity index (χ0n) is 11.1. The van der Waals surface area contributed by atoms with Crippen LogP contribution in [0.3, 0.4) is 0 Å². The summed E-state index contributed by atoms with van der Waals surface area (Å²) in [7, 11) is 5.67. The second-order valence-electron chi connectivity index (χ2n) is 4.83. The molecule has 5 heteroatoms. The van der Waals surface area contributed by atoms with Crippen LogP contribution in [0, 0.1) is 0 Å². The third kappa shape index (κ3) is 4.25. The molecular weight excluding hydrogens is 219 g/mol. The van der Waals surface area contributed by atoms with E-state index in [2.05, 4.69) is 0 Å². The molecule has 17 heavy (non-hydrogen) atoms. The summed E-state index contributed by atoms with van der Waals surface area (Å²) in [5, 5.41) is 9.91. The molecule has 0 saturated carbocycles. The predicted octanol–water partition coefficient (Wildman–Crippen LogP) is 0.849. The van der Waals surface area contributed by atoms with Crippen LogP contribution >= 0.6 is 0 Å². The van der Waals surface area contributed by atoms with E-state index in [-0.39, 0.29) is 18.3 Å². The Morgan fingerprint density at radius 2 is 2.00 bits per heavy atom. The molecule has 0 amide bonds. The van der Waals surface area contributed by atoms with Crippen molar-refractivity contribution in [3.8, 4) is 0 Å². The van der Waals surface area contributed by atoms with Gasteiger partial charge in [-0.25, -0.2) is 0 Å². The van der Waals surface area contributed by atoms with Gasteiger partial charge >= 0.3 is 0 Å². The van der Waals surface area contributed by atoms with Crippen molar-refractivity contribution in [2.24, 2.45) is 0 Å². The highest BCUT2D eigenvalue weighted by Crippen LogP contribution is 2.24. The minimum atomic E-state index is -0.787. The average Bonchev–Trinajstić information content (AvgIpc) is 2.54. The highest BCUT2D eigenvalue weighted by molar-refractivity contribution is 6.11. The Morgan fingerprint density at radius 1 is 1.35 bits per heavy atom. The summed E-state index contributed by atoms with van der Waals surface area (Å²) in [5.41, 5.74) is 0. The highest BCUT2D eigenvalue weighted by atomic mass is 16.6. The quantitative estimate of drug-likeness (QED) is 0.701. The number of hydrogen-bond donors (Lipinski definition) is 1. The topological polar surface area (TPSA) is 47.9 Å². The molecule has 2 radical (unpaired) electrons. The first-order valence-corrected chi connectivity index (χ1v) is 6.31. The van der Waals surface area contributed by atoms with Crippen LogP contribution in [0.2, 0.25) is 0 Å². The predicted molar refractivity (Wildman–Crippen MR) is 66.1 cm³/mol. The van der Waals surface area contributed by atoms with Crippen LogP contribution in [0.1, 0.15) is 34.1 Å². The molecule has 0 aromatic carbocycles. The molecule has 4 nitrogen and oxygen atoms in total. The van der Waals surface area contributed by atoms with Gasteiger partial charge in [-0.15, -0.1) is 0 Å². The molecule has 0 spiro atoms. The molecule has 1 aliphatic rings. The molecule has 1 fully saturated rings. The van der Waals surface area contributed by atoms with Gasteiger partial charge in [0.1, 0.15) is 26.2 Å². The summed E-state index contributed by atoms with van der Waals surface area (Å²) in [5.74, 6) is 0. The standard InChI is InChI=1S/C12H23BO4/c1-5-8(4)16-11-9(6-15-7(2)3)17-12(13)10(11)14/h7-12,14H,5-6H2,1-4H3. The second kappa shape index (κ2) is 6.73. The lowest BCUT2D eigenvalue weighted by Crippen LogP contribution is -2.39. The summed E-state index contributed by atoms with van der Waals surface area (Å²) < 4.78 is 16.7. The molecule has 5 unspecified atom stereocenters. The zero-order valence-corrected chi connectivity index (χ0v) is 11.1. The smallest absolute Gasteiger partial charge is 0.114 e. The molecule has 1 N–H and O–H groups in total. The van der Waals surface area contributed by atoms with Gasteiger partial charge in [-0.05, 0) is 27.2 Å². The first kappa shape index (κ1) is 15.0. The Labute approximate surface area is 105 Å². The molecule has 1 heterocycles. The lowest BCUT2D eigenvalue weighted by atomic mass is 9.93. The monoisotopic (exact) mass is 242 g/mol. The van der Waals surface area contributed by atoms with Crippen LogP contribution in [-0.4, -0.2) is 56.1 Å². The summed E-state index contributed by atoms with van der Waals surface area (Å²) >= 11 is 0. The van der Waals surface area contributed by atoms with E-state index in [1.165, 1.54) is 0 Å². The Hall–Kier alpha value is -0.0951. The van der Waals surface area contributed by atoms with E-state index >= 15 is 0 Å². The number of hydrogen-bond acceptors (Lipinski definition) is 4. The minimum absolute atomic E-state index is 0.0742. The zero-order chi connectivity index (χ0) is 13.0. The van der Waals surface area contributed by atoms with Crippen LogP contribution in [-0.2, 0) is 14.2 Å². The van der Waals surface area contributed by atoms with E-state index < -0.39 is 18.2 Å². The van der Waals surface area contributed by atoms with Crippen molar-refractivity contribution >= 4 is 7.85 Å². The van der Waals surface area contributed by atoms with Gasteiger partial charge in [0.25, 0.3) is 0 Å². The van der Waals surface area contributed by atoms with E-state index in [0.29, 0.717) is 6.61 Å². The van der Waals surface area contributed by atoms with Crippen LogP contribution < -0.4 is 0 Å². The summed E-state index contributed by atoms with van der Waals surface area (Å²) in [4.78, 5) is 0. The molecule has 0 aromatic heterocycles. The maximum Gasteiger partial charge on any atom is 0.114 e. The molecule has 1 aliphatic heterocycles. The molecule has 0 aliphatic carbocycles. The maximum absolute atomic E-state index is 9.91. The van der Waals surface area contributed by atoms with Gasteiger partial charge < -0.3 is 19.3 Å². The lowest BCUT2D eigenvalue weighted by Gasteiger charge is -2.25. The maximum atomic E-state index is 9.91. The van der Waals surface area contributed by atoms with Gasteiger partial charge in [-0.1, -0.05) is 6.92 Å². The SMILES string of the molecule is [B]C1OC(COC(C)C)C(OC(C)CC)C1O. The van der Waals surface area contributed by atoms with Gasteiger partial charge in [-0.2, -0.15) is 0 Å². The Morgan fingerprint density at radius 3 is 2.53 bits per heavy atom. The molecule has 0 aromatic rings. The van der Waals surface area contributed by atoms with E-state index in [0.717, 1.165) is 6.42 Å². The number of aliphatic hydroxyl groups is 1. The van der Waals surface area contributed by atoms with Gasteiger partial charge in [0.2, 0.25) is 0 Å².